The van der Waals surface area contributed by atoms with Gasteiger partial charge >= 0.3 is 6.03 Å². The average Bonchev–Trinajstić information content (AvgIpc) is 2.80. The fourth-order valence-electron chi connectivity index (χ4n) is 4.29. The Labute approximate surface area is 192 Å². The van der Waals surface area contributed by atoms with Gasteiger partial charge in [0.15, 0.2) is 0 Å². The van der Waals surface area contributed by atoms with E-state index >= 15 is 0 Å². The lowest BCUT2D eigenvalue weighted by Crippen LogP contribution is -2.53. The second-order valence-corrected chi connectivity index (χ2v) is 8.91. The Bertz CT molecular complexity index is 727. The molecule has 0 atom stereocenters. The summed E-state index contributed by atoms with van der Waals surface area (Å²) in [6, 6.07) is 7.94. The highest BCUT2D eigenvalue weighted by Crippen LogP contribution is 2.15. The molecule has 1 aromatic carbocycles. The van der Waals surface area contributed by atoms with Crippen LogP contribution in [0.5, 0.6) is 0 Å². The lowest BCUT2D eigenvalue weighted by Gasteiger charge is -2.34. The molecule has 0 bridgehead atoms. The van der Waals surface area contributed by atoms with Crippen molar-refractivity contribution in [2.24, 2.45) is 0 Å². The topological polar surface area (TPSA) is 71.2 Å². The average molecular weight is 445 g/mol. The number of amides is 3. The summed E-state index contributed by atoms with van der Waals surface area (Å²) in [6.45, 7) is 11.7. The van der Waals surface area contributed by atoms with Gasteiger partial charge in [-0.3, -0.25) is 9.69 Å². The van der Waals surface area contributed by atoms with Crippen LogP contribution in [0.3, 0.4) is 0 Å². The molecule has 32 heavy (non-hydrogen) atoms. The third kappa shape index (κ3) is 7.76. The molecule has 3 rings (SSSR count). The monoisotopic (exact) mass is 444 g/mol. The van der Waals surface area contributed by atoms with Crippen molar-refractivity contribution in [2.45, 2.75) is 26.2 Å². The number of anilines is 1. The standard InChI is InChI=1S/C24H40N6O2/c1-3-21-8-4-5-9-22(21)26-23(31)20-29-16-18-30(19-17-29)24(32)25-10-6-7-11-28-14-12-27(2)13-15-28/h4-5,8-9H,3,6-7,10-20H2,1-2H3,(H,25,32)(H,26,31). The largest absolute Gasteiger partial charge is 0.338 e. The van der Waals surface area contributed by atoms with Crippen LogP contribution in [0.4, 0.5) is 10.5 Å². The first-order valence-electron chi connectivity index (χ1n) is 12.1. The summed E-state index contributed by atoms with van der Waals surface area (Å²) in [5.41, 5.74) is 2.04. The summed E-state index contributed by atoms with van der Waals surface area (Å²) in [5, 5.41) is 6.09. The molecule has 2 heterocycles. The van der Waals surface area contributed by atoms with Crippen LogP contribution in [0.2, 0.25) is 0 Å². The van der Waals surface area contributed by atoms with Gasteiger partial charge < -0.3 is 25.3 Å². The minimum atomic E-state index is 0.00384. The SMILES string of the molecule is CCc1ccccc1NC(=O)CN1CCN(C(=O)NCCCCN2CCN(C)CC2)CC1. The van der Waals surface area contributed by atoms with Crippen LogP contribution >= 0.6 is 0 Å². The Kier molecular flexibility index (Phi) is 9.77. The van der Waals surface area contributed by atoms with E-state index in [9.17, 15) is 9.59 Å². The highest BCUT2D eigenvalue weighted by molar-refractivity contribution is 5.93. The van der Waals surface area contributed by atoms with Crippen molar-refractivity contribution < 1.29 is 9.59 Å². The second kappa shape index (κ2) is 12.8. The summed E-state index contributed by atoms with van der Waals surface area (Å²) >= 11 is 0. The zero-order chi connectivity index (χ0) is 22.8. The molecule has 2 saturated heterocycles. The quantitative estimate of drug-likeness (QED) is 0.566. The smallest absolute Gasteiger partial charge is 0.317 e. The lowest BCUT2D eigenvalue weighted by atomic mass is 10.1. The van der Waals surface area contributed by atoms with Crippen molar-refractivity contribution in [3.63, 3.8) is 0 Å². The Hall–Kier alpha value is -2.16. The molecule has 8 heteroatoms. The van der Waals surface area contributed by atoms with Gasteiger partial charge in [0.25, 0.3) is 0 Å². The molecule has 0 unspecified atom stereocenters. The van der Waals surface area contributed by atoms with Crippen LogP contribution in [0.15, 0.2) is 24.3 Å². The number of benzene rings is 1. The van der Waals surface area contributed by atoms with Gasteiger partial charge in [-0.05, 0) is 44.5 Å². The van der Waals surface area contributed by atoms with Crippen LogP contribution in [0, 0.1) is 0 Å². The van der Waals surface area contributed by atoms with Gasteiger partial charge in [0.2, 0.25) is 5.91 Å². The highest BCUT2D eigenvalue weighted by Gasteiger charge is 2.22. The number of unbranched alkanes of at least 4 members (excludes halogenated alkanes) is 1. The minimum absolute atomic E-state index is 0.00384. The fourth-order valence-corrected chi connectivity index (χ4v) is 4.29. The third-order valence-corrected chi connectivity index (χ3v) is 6.47. The summed E-state index contributed by atoms with van der Waals surface area (Å²) in [7, 11) is 2.17. The van der Waals surface area contributed by atoms with Gasteiger partial charge in [0.1, 0.15) is 0 Å². The number of carbonyl (C=O) groups excluding carboxylic acids is 2. The summed E-state index contributed by atoms with van der Waals surface area (Å²) < 4.78 is 0. The van der Waals surface area contributed by atoms with E-state index in [1.165, 1.54) is 0 Å². The normalized spacial score (nSPS) is 18.5. The first-order chi connectivity index (χ1) is 15.5. The Balaban J connectivity index is 1.27. The molecule has 0 saturated carbocycles. The van der Waals surface area contributed by atoms with Crippen molar-refractivity contribution in [1.82, 2.24) is 24.9 Å². The molecule has 0 radical (unpaired) electrons. The van der Waals surface area contributed by atoms with Crippen molar-refractivity contribution >= 4 is 17.6 Å². The maximum atomic E-state index is 12.4. The molecule has 0 spiro atoms. The molecule has 2 aliphatic heterocycles. The van der Waals surface area contributed by atoms with Gasteiger partial charge in [0, 0.05) is 64.6 Å². The summed E-state index contributed by atoms with van der Waals surface area (Å²) in [5.74, 6) is 0.00384. The van der Waals surface area contributed by atoms with E-state index in [0.29, 0.717) is 19.6 Å². The molecular formula is C24H40N6O2. The van der Waals surface area contributed by atoms with E-state index in [4.69, 9.17) is 0 Å². The number of aryl methyl sites for hydroxylation is 1. The molecule has 0 aromatic heterocycles. The number of para-hydroxylation sites is 1. The molecule has 2 N–H and O–H groups in total. The zero-order valence-corrected chi connectivity index (χ0v) is 19.8. The molecule has 2 fully saturated rings. The van der Waals surface area contributed by atoms with Crippen LogP contribution in [-0.4, -0.2) is 111 Å². The van der Waals surface area contributed by atoms with Gasteiger partial charge in [-0.15, -0.1) is 0 Å². The second-order valence-electron chi connectivity index (χ2n) is 8.91. The number of carbonyl (C=O) groups is 2. The number of nitrogens with one attached hydrogen (secondary N) is 2. The molecular weight excluding hydrogens is 404 g/mol. The lowest BCUT2D eigenvalue weighted by molar-refractivity contribution is -0.117. The van der Waals surface area contributed by atoms with Gasteiger partial charge in [-0.2, -0.15) is 0 Å². The van der Waals surface area contributed by atoms with E-state index in [0.717, 1.165) is 82.9 Å². The van der Waals surface area contributed by atoms with E-state index in [1.807, 2.05) is 29.2 Å². The first-order valence-corrected chi connectivity index (χ1v) is 12.1. The Morgan fingerprint density at radius 3 is 2.31 bits per heavy atom. The molecule has 8 nitrogen and oxygen atoms in total. The number of likely N-dealkylation sites (N-methyl/N-ethyl adjacent to an activating group) is 1. The molecule has 178 valence electrons. The van der Waals surface area contributed by atoms with E-state index in [2.05, 4.69) is 39.3 Å². The maximum absolute atomic E-state index is 12.4. The first kappa shape index (κ1) is 24.5. The predicted molar refractivity (Wildman–Crippen MR) is 129 cm³/mol. The zero-order valence-electron chi connectivity index (χ0n) is 19.8. The Morgan fingerprint density at radius 2 is 1.59 bits per heavy atom. The van der Waals surface area contributed by atoms with Crippen LogP contribution < -0.4 is 10.6 Å². The van der Waals surface area contributed by atoms with Crippen molar-refractivity contribution in [3.05, 3.63) is 29.8 Å². The van der Waals surface area contributed by atoms with Crippen molar-refractivity contribution in [1.29, 1.82) is 0 Å². The number of piperazine rings is 2. The fraction of sp³-hybridized carbons (Fsp3) is 0.667. The van der Waals surface area contributed by atoms with E-state index in [1.54, 1.807) is 0 Å². The minimum Gasteiger partial charge on any atom is -0.338 e. The highest BCUT2D eigenvalue weighted by atomic mass is 16.2. The number of hydrogen-bond acceptors (Lipinski definition) is 5. The number of hydrogen-bond donors (Lipinski definition) is 2. The molecule has 3 amide bonds. The summed E-state index contributed by atoms with van der Waals surface area (Å²) in [6.07, 6.45) is 3.02. The predicted octanol–water partition coefficient (Wildman–Crippen LogP) is 1.54. The van der Waals surface area contributed by atoms with Gasteiger partial charge in [-0.25, -0.2) is 4.79 Å². The van der Waals surface area contributed by atoms with E-state index < -0.39 is 0 Å². The van der Waals surface area contributed by atoms with Crippen LogP contribution in [-0.2, 0) is 11.2 Å². The maximum Gasteiger partial charge on any atom is 0.317 e. The molecule has 1 aromatic rings. The molecule has 0 aliphatic carbocycles. The number of nitrogens with zero attached hydrogens (tertiary/aromatic N) is 4. The van der Waals surface area contributed by atoms with E-state index in [-0.39, 0.29) is 11.9 Å². The van der Waals surface area contributed by atoms with Crippen molar-refractivity contribution in [2.75, 3.05) is 84.4 Å². The van der Waals surface area contributed by atoms with Crippen LogP contribution in [0.1, 0.15) is 25.3 Å². The summed E-state index contributed by atoms with van der Waals surface area (Å²) in [4.78, 5) is 33.7. The number of rotatable bonds is 9. The van der Waals surface area contributed by atoms with Gasteiger partial charge in [-0.1, -0.05) is 25.1 Å². The third-order valence-electron chi connectivity index (χ3n) is 6.47. The Morgan fingerprint density at radius 1 is 0.906 bits per heavy atom. The molecule has 2 aliphatic rings. The van der Waals surface area contributed by atoms with Crippen molar-refractivity contribution in [3.8, 4) is 0 Å². The van der Waals surface area contributed by atoms with Crippen LogP contribution in [0.25, 0.3) is 0 Å². The van der Waals surface area contributed by atoms with Gasteiger partial charge in [0.05, 0.1) is 6.54 Å². The number of urea groups is 1.